The fraction of sp³-hybridized carbons (Fsp3) is 0.438. The molecule has 0 aliphatic carbocycles. The Hall–Kier alpha value is -2.57. The van der Waals surface area contributed by atoms with Gasteiger partial charge in [-0.15, -0.1) is 5.10 Å². The van der Waals surface area contributed by atoms with E-state index in [2.05, 4.69) is 10.3 Å². The van der Waals surface area contributed by atoms with Crippen molar-refractivity contribution in [2.24, 2.45) is 0 Å². The van der Waals surface area contributed by atoms with E-state index in [0.717, 1.165) is 12.8 Å². The maximum atomic E-state index is 12.8. The number of benzene rings is 1. The Bertz CT molecular complexity index is 664. The average Bonchev–Trinajstić information content (AvgIpc) is 3.15. The van der Waals surface area contributed by atoms with Gasteiger partial charge in [0, 0.05) is 19.3 Å². The van der Waals surface area contributed by atoms with Crippen LogP contribution in [0.2, 0.25) is 0 Å². The fourth-order valence-electron chi connectivity index (χ4n) is 2.97. The van der Waals surface area contributed by atoms with Crippen LogP contribution >= 0.6 is 0 Å². The zero-order valence-corrected chi connectivity index (χ0v) is 13.3. The quantitative estimate of drug-likeness (QED) is 0.860. The molecule has 1 saturated heterocycles. The van der Waals surface area contributed by atoms with Crippen molar-refractivity contribution in [1.82, 2.24) is 19.9 Å². The summed E-state index contributed by atoms with van der Waals surface area (Å²) < 4.78 is 12.5. The molecule has 122 valence electrons. The summed E-state index contributed by atoms with van der Waals surface area (Å²) in [5.74, 6) is 1.02. The Morgan fingerprint density at radius 2 is 2.00 bits per heavy atom. The minimum Gasteiger partial charge on any atom is -0.493 e. The van der Waals surface area contributed by atoms with E-state index in [9.17, 15) is 4.79 Å². The van der Waals surface area contributed by atoms with Crippen LogP contribution < -0.4 is 9.47 Å². The summed E-state index contributed by atoms with van der Waals surface area (Å²) in [5, 5.41) is 7.89. The Balaban J connectivity index is 1.73. The van der Waals surface area contributed by atoms with Gasteiger partial charge in [0.1, 0.15) is 0 Å². The number of carbonyl (C=O) groups excluding carboxylic acids is 1. The van der Waals surface area contributed by atoms with Gasteiger partial charge in [0.25, 0.3) is 5.91 Å². The van der Waals surface area contributed by atoms with Crippen molar-refractivity contribution >= 4 is 5.91 Å². The van der Waals surface area contributed by atoms with Gasteiger partial charge in [0.2, 0.25) is 0 Å². The molecule has 0 N–H and O–H groups in total. The smallest absolute Gasteiger partial charge is 0.257 e. The number of likely N-dealkylation sites (tertiary alicyclic amines) is 1. The molecular formula is C16H20N4O3. The molecule has 0 atom stereocenters. The molecule has 23 heavy (non-hydrogen) atoms. The van der Waals surface area contributed by atoms with E-state index in [0.29, 0.717) is 36.2 Å². The molecule has 0 bridgehead atoms. The third kappa shape index (κ3) is 2.99. The Morgan fingerprint density at radius 3 is 2.61 bits per heavy atom. The second kappa shape index (κ2) is 6.68. The average molecular weight is 316 g/mol. The number of aromatic nitrogens is 3. The van der Waals surface area contributed by atoms with Gasteiger partial charge in [0.15, 0.2) is 11.5 Å². The lowest BCUT2D eigenvalue weighted by molar-refractivity contribution is 0.0685. The molecule has 2 aromatic rings. The van der Waals surface area contributed by atoms with Crippen LogP contribution in [0.25, 0.3) is 0 Å². The van der Waals surface area contributed by atoms with Crippen molar-refractivity contribution in [3.8, 4) is 11.5 Å². The number of rotatable bonds is 4. The van der Waals surface area contributed by atoms with Crippen molar-refractivity contribution in [2.45, 2.75) is 18.9 Å². The fourth-order valence-corrected chi connectivity index (χ4v) is 2.97. The van der Waals surface area contributed by atoms with E-state index < -0.39 is 0 Å². The maximum Gasteiger partial charge on any atom is 0.257 e. The third-order valence-corrected chi connectivity index (χ3v) is 4.20. The molecule has 3 rings (SSSR count). The number of amides is 1. The predicted octanol–water partition coefficient (Wildman–Crippen LogP) is 1.77. The number of piperidine rings is 1. The Labute approximate surface area is 134 Å². The molecular weight excluding hydrogens is 296 g/mol. The molecule has 1 aromatic heterocycles. The Morgan fingerprint density at radius 1 is 1.22 bits per heavy atom. The van der Waals surface area contributed by atoms with E-state index in [1.54, 1.807) is 38.6 Å². The van der Waals surface area contributed by atoms with Crippen LogP contribution in [0.4, 0.5) is 0 Å². The molecule has 2 heterocycles. The highest BCUT2D eigenvalue weighted by Crippen LogP contribution is 2.32. The van der Waals surface area contributed by atoms with Gasteiger partial charge in [-0.25, -0.2) is 4.68 Å². The van der Waals surface area contributed by atoms with E-state index >= 15 is 0 Å². The van der Waals surface area contributed by atoms with Crippen LogP contribution in [0.15, 0.2) is 30.6 Å². The minimum atomic E-state index is -0.0298. The van der Waals surface area contributed by atoms with Gasteiger partial charge in [-0.3, -0.25) is 4.79 Å². The second-order valence-corrected chi connectivity index (χ2v) is 5.45. The first-order chi connectivity index (χ1) is 11.2. The summed E-state index contributed by atoms with van der Waals surface area (Å²) in [6.07, 6.45) is 5.27. The first-order valence-electron chi connectivity index (χ1n) is 7.60. The van der Waals surface area contributed by atoms with E-state index in [-0.39, 0.29) is 5.91 Å². The summed E-state index contributed by atoms with van der Waals surface area (Å²) in [5.41, 5.74) is 0.533. The zero-order valence-electron chi connectivity index (χ0n) is 13.3. The lowest BCUT2D eigenvalue weighted by Gasteiger charge is -2.32. The van der Waals surface area contributed by atoms with Crippen molar-refractivity contribution < 1.29 is 14.3 Å². The largest absolute Gasteiger partial charge is 0.493 e. The number of hydrogen-bond acceptors (Lipinski definition) is 5. The first-order valence-corrected chi connectivity index (χ1v) is 7.60. The maximum absolute atomic E-state index is 12.8. The molecule has 1 aliphatic rings. The SMILES string of the molecule is COc1cccc(C(=O)N2CCC(n3ccnn3)CC2)c1OC. The topological polar surface area (TPSA) is 69.5 Å². The molecule has 0 radical (unpaired) electrons. The zero-order chi connectivity index (χ0) is 16.2. The van der Waals surface area contributed by atoms with E-state index in [1.165, 1.54) is 0 Å². The monoisotopic (exact) mass is 316 g/mol. The van der Waals surface area contributed by atoms with Crippen LogP contribution in [0.1, 0.15) is 29.2 Å². The van der Waals surface area contributed by atoms with E-state index in [4.69, 9.17) is 9.47 Å². The van der Waals surface area contributed by atoms with Crippen LogP contribution in [0.3, 0.4) is 0 Å². The summed E-state index contributed by atoms with van der Waals surface area (Å²) >= 11 is 0. The van der Waals surface area contributed by atoms with E-state index in [1.807, 2.05) is 15.8 Å². The molecule has 0 saturated carbocycles. The van der Waals surface area contributed by atoms with Gasteiger partial charge >= 0.3 is 0 Å². The first kappa shape index (κ1) is 15.3. The summed E-state index contributed by atoms with van der Waals surface area (Å²) in [6.45, 7) is 1.37. The van der Waals surface area contributed by atoms with Gasteiger partial charge in [-0.05, 0) is 25.0 Å². The Kier molecular flexibility index (Phi) is 4.45. The minimum absolute atomic E-state index is 0.0298. The summed E-state index contributed by atoms with van der Waals surface area (Å²) in [6, 6.07) is 5.66. The van der Waals surface area contributed by atoms with Crippen molar-refractivity contribution in [3.05, 3.63) is 36.2 Å². The highest BCUT2D eigenvalue weighted by Gasteiger charge is 2.27. The van der Waals surface area contributed by atoms with Gasteiger partial charge in [0.05, 0.1) is 32.0 Å². The number of ether oxygens (including phenoxy) is 2. The summed E-state index contributed by atoms with van der Waals surface area (Å²) in [7, 11) is 3.11. The number of methoxy groups -OCH3 is 2. The predicted molar refractivity (Wildman–Crippen MR) is 83.7 cm³/mol. The second-order valence-electron chi connectivity index (χ2n) is 5.45. The molecule has 0 spiro atoms. The number of para-hydroxylation sites is 1. The molecule has 7 nitrogen and oxygen atoms in total. The summed E-state index contributed by atoms with van der Waals surface area (Å²) in [4.78, 5) is 14.6. The third-order valence-electron chi connectivity index (χ3n) is 4.20. The highest BCUT2D eigenvalue weighted by atomic mass is 16.5. The lowest BCUT2D eigenvalue weighted by Crippen LogP contribution is -2.39. The van der Waals surface area contributed by atoms with Gasteiger partial charge in [-0.2, -0.15) is 0 Å². The van der Waals surface area contributed by atoms with Crippen LogP contribution in [0, 0.1) is 0 Å². The lowest BCUT2D eigenvalue weighted by atomic mass is 10.0. The molecule has 1 aromatic carbocycles. The molecule has 1 amide bonds. The van der Waals surface area contributed by atoms with Crippen molar-refractivity contribution in [3.63, 3.8) is 0 Å². The number of nitrogens with zero attached hydrogens (tertiary/aromatic N) is 4. The van der Waals surface area contributed by atoms with Crippen LogP contribution in [-0.2, 0) is 0 Å². The molecule has 7 heteroatoms. The van der Waals surface area contributed by atoms with Crippen LogP contribution in [0.5, 0.6) is 11.5 Å². The molecule has 1 fully saturated rings. The van der Waals surface area contributed by atoms with Crippen LogP contribution in [-0.4, -0.2) is 53.1 Å². The van der Waals surface area contributed by atoms with Crippen molar-refractivity contribution in [2.75, 3.05) is 27.3 Å². The van der Waals surface area contributed by atoms with Gasteiger partial charge < -0.3 is 14.4 Å². The van der Waals surface area contributed by atoms with Gasteiger partial charge in [-0.1, -0.05) is 11.3 Å². The highest BCUT2D eigenvalue weighted by molar-refractivity contribution is 5.97. The molecule has 0 unspecified atom stereocenters. The standard InChI is InChI=1S/C16H20N4O3/c1-22-14-5-3-4-13(15(14)23-2)16(21)19-9-6-12(7-10-19)20-11-8-17-18-20/h3-5,8,11-12H,6-7,9-10H2,1-2H3. The van der Waals surface area contributed by atoms with Crippen molar-refractivity contribution in [1.29, 1.82) is 0 Å². The normalized spacial score (nSPS) is 15.5. The number of carbonyl (C=O) groups is 1. The number of hydrogen-bond donors (Lipinski definition) is 0. The molecule has 1 aliphatic heterocycles.